The quantitative estimate of drug-likeness (QED) is 0.617. The van der Waals surface area contributed by atoms with Crippen LogP contribution < -0.4 is 10.4 Å². The first-order valence-corrected chi connectivity index (χ1v) is 9.16. The normalized spacial score (nSPS) is 10.3. The van der Waals surface area contributed by atoms with Gasteiger partial charge in [-0.2, -0.15) is 0 Å². The van der Waals surface area contributed by atoms with Crippen LogP contribution in [0.1, 0.15) is 27.7 Å². The molecule has 0 aliphatic carbocycles. The molecule has 1 aromatic carbocycles. The van der Waals surface area contributed by atoms with E-state index in [0.29, 0.717) is 0 Å². The zero-order valence-corrected chi connectivity index (χ0v) is 13.3. The highest BCUT2D eigenvalue weighted by Gasteiger charge is 2.33. The summed E-state index contributed by atoms with van der Waals surface area (Å²) in [5.41, 5.74) is 0. The van der Waals surface area contributed by atoms with Gasteiger partial charge in [-0.3, -0.25) is 0 Å². The van der Waals surface area contributed by atoms with Crippen molar-refractivity contribution in [1.29, 1.82) is 0 Å². The molecule has 0 amide bonds. The topological polar surface area (TPSA) is 49.4 Å². The van der Waals surface area contributed by atoms with Crippen LogP contribution in [0.4, 0.5) is 4.79 Å². The van der Waals surface area contributed by atoms with Crippen LogP contribution in [0.3, 0.4) is 0 Å². The largest absolute Gasteiger partial charge is 0.550 e. The Bertz CT molecular complexity index is 339. The molecule has 0 atom stereocenters. The molecule has 19 heavy (non-hydrogen) atoms. The highest BCUT2D eigenvalue weighted by atomic mass is 31.2. The minimum Gasteiger partial charge on any atom is -0.550 e. The molecule has 0 fully saturated rings. The van der Waals surface area contributed by atoms with Crippen molar-refractivity contribution >= 4 is 18.7 Å². The molecule has 0 spiro atoms. The van der Waals surface area contributed by atoms with Crippen LogP contribution >= 0.6 is 7.26 Å². The first kappa shape index (κ1) is 17.9. The van der Waals surface area contributed by atoms with Crippen molar-refractivity contribution in [2.75, 3.05) is 25.1 Å². The first-order valence-electron chi connectivity index (χ1n) is 6.81. The van der Waals surface area contributed by atoms with Gasteiger partial charge in [0.1, 0.15) is 0 Å². The lowest BCUT2D eigenvalue weighted by Crippen LogP contribution is -2.23. The third-order valence-electron chi connectivity index (χ3n) is 3.38. The first-order chi connectivity index (χ1) is 9.06. The third kappa shape index (κ3) is 6.07. The molecule has 0 aliphatic heterocycles. The Morgan fingerprint density at radius 2 is 1.53 bits per heavy atom. The van der Waals surface area contributed by atoms with Crippen molar-refractivity contribution in [2.45, 2.75) is 27.7 Å². The van der Waals surface area contributed by atoms with Gasteiger partial charge in [-0.1, -0.05) is 18.2 Å². The summed E-state index contributed by atoms with van der Waals surface area (Å²) >= 11 is 0. The number of benzene rings is 1. The summed E-state index contributed by atoms with van der Waals surface area (Å²) < 4.78 is 3.85. The molecular formula is C15H25O3P. The summed E-state index contributed by atoms with van der Waals surface area (Å²) in [4.78, 5) is 9.27. The van der Waals surface area contributed by atoms with Gasteiger partial charge in [0.05, 0.1) is 23.8 Å². The van der Waals surface area contributed by atoms with Crippen LogP contribution in [-0.2, 0) is 4.74 Å². The van der Waals surface area contributed by atoms with Crippen LogP contribution in [0.15, 0.2) is 30.3 Å². The van der Waals surface area contributed by atoms with Crippen LogP contribution in [0, 0.1) is 0 Å². The van der Waals surface area contributed by atoms with Crippen molar-refractivity contribution in [3.05, 3.63) is 30.3 Å². The second kappa shape index (κ2) is 9.80. The highest BCUT2D eigenvalue weighted by molar-refractivity contribution is 7.82. The van der Waals surface area contributed by atoms with E-state index in [9.17, 15) is 9.90 Å². The van der Waals surface area contributed by atoms with Crippen molar-refractivity contribution in [3.8, 4) is 0 Å². The van der Waals surface area contributed by atoms with Gasteiger partial charge in [-0.05, 0) is 39.8 Å². The van der Waals surface area contributed by atoms with Crippen molar-refractivity contribution < 1.29 is 14.6 Å². The zero-order valence-electron chi connectivity index (χ0n) is 12.4. The molecule has 0 heterocycles. The number of carbonyl (C=O) groups excluding carboxylic acids is 1. The smallest absolute Gasteiger partial charge is 0.251 e. The number of ether oxygens (including phenoxy) is 1. The predicted molar refractivity (Wildman–Crippen MR) is 81.6 cm³/mol. The Balaban J connectivity index is 0.000000459. The minimum absolute atomic E-state index is 0.169. The van der Waals surface area contributed by atoms with Gasteiger partial charge in [0.25, 0.3) is 6.16 Å². The molecule has 1 rings (SSSR count). The Morgan fingerprint density at radius 1 is 1.05 bits per heavy atom. The van der Waals surface area contributed by atoms with Gasteiger partial charge in [0, 0.05) is 13.9 Å². The summed E-state index contributed by atoms with van der Waals surface area (Å²) in [5, 5.41) is 10.9. The summed E-state index contributed by atoms with van der Waals surface area (Å²) in [6, 6.07) is 11.1. The van der Waals surface area contributed by atoms with E-state index in [-0.39, 0.29) is 6.61 Å². The van der Waals surface area contributed by atoms with E-state index >= 15 is 0 Å². The van der Waals surface area contributed by atoms with Gasteiger partial charge in [-0.25, -0.2) is 0 Å². The summed E-state index contributed by atoms with van der Waals surface area (Å²) in [5.74, 6) is 0. The fourth-order valence-corrected chi connectivity index (χ4v) is 5.32. The molecule has 1 aromatic rings. The Labute approximate surface area is 117 Å². The van der Waals surface area contributed by atoms with E-state index < -0.39 is 13.4 Å². The Morgan fingerprint density at radius 3 is 1.79 bits per heavy atom. The second-order valence-corrected chi connectivity index (χ2v) is 8.82. The molecule has 108 valence electrons. The molecule has 0 saturated heterocycles. The van der Waals surface area contributed by atoms with E-state index in [0.717, 1.165) is 0 Å². The lowest BCUT2D eigenvalue weighted by Gasteiger charge is -2.23. The lowest BCUT2D eigenvalue weighted by molar-refractivity contribution is -0.282. The van der Waals surface area contributed by atoms with Gasteiger partial charge < -0.3 is 14.6 Å². The lowest BCUT2D eigenvalue weighted by atomic mass is 10.4. The molecule has 0 aromatic heterocycles. The number of carboxylic acid groups (broad SMARTS) is 1. The average Bonchev–Trinajstić information content (AvgIpc) is 2.43. The van der Waals surface area contributed by atoms with Crippen molar-refractivity contribution in [1.82, 2.24) is 0 Å². The fraction of sp³-hybridized carbons (Fsp3) is 0.533. The number of carbonyl (C=O) groups is 1. The number of hydrogen-bond acceptors (Lipinski definition) is 3. The molecular weight excluding hydrogens is 259 g/mol. The summed E-state index contributed by atoms with van der Waals surface area (Å²) in [6.07, 6.45) is 2.59. The molecule has 4 heteroatoms. The van der Waals surface area contributed by atoms with E-state index in [1.54, 1.807) is 12.2 Å². The molecule has 0 saturated carbocycles. The molecule has 0 bridgehead atoms. The maximum atomic E-state index is 9.27. The Hall–Kier alpha value is -1.08. The fourth-order valence-electron chi connectivity index (χ4n) is 2.08. The van der Waals surface area contributed by atoms with Gasteiger partial charge in [0.15, 0.2) is 0 Å². The molecule has 0 unspecified atom stereocenters. The number of rotatable bonds is 5. The standard InChI is InChI=1S/C12H20P.C3H6O3/c1-4-13(5-2,6-3)12-10-8-7-9-11-12;1-2-6-3(4)5/h7-11H,4-6H2,1-3H3;2H2,1H3,(H,4,5)/q+1;/p-1. The van der Waals surface area contributed by atoms with E-state index in [1.807, 2.05) is 0 Å². The van der Waals surface area contributed by atoms with E-state index in [1.165, 1.54) is 18.5 Å². The average molecular weight is 284 g/mol. The third-order valence-corrected chi connectivity index (χ3v) is 8.41. The minimum atomic E-state index is -1.46. The van der Waals surface area contributed by atoms with Crippen molar-refractivity contribution in [3.63, 3.8) is 0 Å². The van der Waals surface area contributed by atoms with Gasteiger partial charge >= 0.3 is 0 Å². The van der Waals surface area contributed by atoms with Crippen molar-refractivity contribution in [2.24, 2.45) is 0 Å². The van der Waals surface area contributed by atoms with E-state index in [4.69, 9.17) is 0 Å². The maximum absolute atomic E-state index is 9.27. The van der Waals surface area contributed by atoms with E-state index in [2.05, 4.69) is 55.8 Å². The van der Waals surface area contributed by atoms with Crippen LogP contribution in [0.2, 0.25) is 0 Å². The van der Waals surface area contributed by atoms with Crippen LogP contribution in [0.25, 0.3) is 0 Å². The monoisotopic (exact) mass is 284 g/mol. The SMILES string of the molecule is CCOC(=O)[O-].CC[P+](CC)(CC)c1ccccc1. The Kier molecular flexibility index (Phi) is 9.24. The molecule has 3 nitrogen and oxygen atoms in total. The van der Waals surface area contributed by atoms with Gasteiger partial charge in [-0.15, -0.1) is 0 Å². The predicted octanol–water partition coefficient (Wildman–Crippen LogP) is 2.76. The van der Waals surface area contributed by atoms with Gasteiger partial charge in [0.2, 0.25) is 0 Å². The maximum Gasteiger partial charge on any atom is 0.251 e. The number of hydrogen-bond donors (Lipinski definition) is 0. The summed E-state index contributed by atoms with van der Waals surface area (Å²) in [6.45, 7) is 8.77. The molecule has 0 radical (unpaired) electrons. The summed E-state index contributed by atoms with van der Waals surface area (Å²) in [7, 11) is -0.791. The second-order valence-electron chi connectivity index (χ2n) is 4.11. The molecule has 0 N–H and O–H groups in total. The van der Waals surface area contributed by atoms with Crippen LogP contribution in [0.5, 0.6) is 0 Å². The molecule has 0 aliphatic rings. The highest BCUT2D eigenvalue weighted by Crippen LogP contribution is 2.56. The van der Waals surface area contributed by atoms with Crippen LogP contribution in [-0.4, -0.2) is 31.2 Å². The zero-order chi connectivity index (χ0) is 14.7.